The second kappa shape index (κ2) is 11.4. The topological polar surface area (TPSA) is 52.8 Å². The van der Waals surface area contributed by atoms with Gasteiger partial charge in [-0.2, -0.15) is 0 Å². The van der Waals surface area contributed by atoms with Crippen LogP contribution in [0.15, 0.2) is 53.0 Å². The Bertz CT molecular complexity index is 1210. The minimum absolute atomic E-state index is 0.519. The fraction of sp³-hybridized carbons (Fsp3) is 0.292. The van der Waals surface area contributed by atoms with Crippen molar-refractivity contribution in [3.8, 4) is 16.3 Å². The highest BCUT2D eigenvalue weighted by atomic mass is 35.5. The van der Waals surface area contributed by atoms with Crippen molar-refractivity contribution in [2.45, 2.75) is 44.1 Å². The van der Waals surface area contributed by atoms with Crippen molar-refractivity contribution in [1.29, 1.82) is 0 Å². The predicted molar refractivity (Wildman–Crippen MR) is 138 cm³/mol. The Morgan fingerprint density at radius 3 is 2.67 bits per heavy atom. The summed E-state index contributed by atoms with van der Waals surface area (Å²) in [5.41, 5.74) is 3.46. The molecule has 33 heavy (non-hydrogen) atoms. The molecule has 0 fully saturated rings. The molecule has 4 aromatic rings. The van der Waals surface area contributed by atoms with Gasteiger partial charge >= 0.3 is 0 Å². The van der Waals surface area contributed by atoms with Gasteiger partial charge in [0.05, 0.1) is 17.3 Å². The van der Waals surface area contributed by atoms with Gasteiger partial charge < -0.3 is 9.30 Å². The third-order valence-corrected chi connectivity index (χ3v) is 7.48. The highest BCUT2D eigenvalue weighted by Crippen LogP contribution is 2.29. The summed E-state index contributed by atoms with van der Waals surface area (Å²) in [7, 11) is 0. The molecule has 0 radical (unpaired) electrons. The number of thiazole rings is 1. The second-order valence-electron chi connectivity index (χ2n) is 7.47. The number of aromatic nitrogens is 4. The van der Waals surface area contributed by atoms with Gasteiger partial charge in [-0.05, 0) is 38.5 Å². The van der Waals surface area contributed by atoms with E-state index in [0.29, 0.717) is 22.4 Å². The molecule has 0 saturated heterocycles. The van der Waals surface area contributed by atoms with Crippen molar-refractivity contribution in [3.05, 3.63) is 75.0 Å². The maximum absolute atomic E-state index is 6.16. The molecule has 4 rings (SSSR count). The lowest BCUT2D eigenvalue weighted by Gasteiger charge is -2.09. The SMILES string of the molecule is CCn1c(CCCOc2ccc(Cl)cc2Cl)nnc1SCc1csc(-c2ccc(C)cc2)n1. The number of nitrogens with zero attached hydrogens (tertiary/aromatic N) is 4. The molecule has 0 N–H and O–H groups in total. The quantitative estimate of drug-likeness (QED) is 0.162. The second-order valence-corrected chi connectivity index (χ2v) is 10.1. The van der Waals surface area contributed by atoms with Crippen LogP contribution < -0.4 is 4.74 Å². The van der Waals surface area contributed by atoms with E-state index in [2.05, 4.69) is 58.3 Å². The molecule has 2 heterocycles. The van der Waals surface area contributed by atoms with Crippen LogP contribution in [0.1, 0.15) is 30.4 Å². The average molecular weight is 520 g/mol. The lowest BCUT2D eigenvalue weighted by Crippen LogP contribution is -2.06. The van der Waals surface area contributed by atoms with Crippen LogP contribution in [0.25, 0.3) is 10.6 Å². The minimum atomic E-state index is 0.519. The van der Waals surface area contributed by atoms with Crippen molar-refractivity contribution in [3.63, 3.8) is 0 Å². The minimum Gasteiger partial charge on any atom is -0.492 e. The van der Waals surface area contributed by atoms with Crippen LogP contribution in [0.5, 0.6) is 5.75 Å². The van der Waals surface area contributed by atoms with E-state index in [-0.39, 0.29) is 0 Å². The van der Waals surface area contributed by atoms with Crippen LogP contribution in [0.2, 0.25) is 10.0 Å². The van der Waals surface area contributed by atoms with Crippen LogP contribution in [0, 0.1) is 6.92 Å². The summed E-state index contributed by atoms with van der Waals surface area (Å²) in [6.07, 6.45) is 1.59. The molecule has 0 unspecified atom stereocenters. The van der Waals surface area contributed by atoms with Gasteiger partial charge in [-0.3, -0.25) is 0 Å². The van der Waals surface area contributed by atoms with E-state index in [1.54, 1.807) is 41.3 Å². The summed E-state index contributed by atoms with van der Waals surface area (Å²) in [4.78, 5) is 4.79. The molecular weight excluding hydrogens is 495 g/mol. The summed E-state index contributed by atoms with van der Waals surface area (Å²) in [6.45, 7) is 5.56. The van der Waals surface area contributed by atoms with E-state index in [1.165, 1.54) is 5.56 Å². The highest BCUT2D eigenvalue weighted by molar-refractivity contribution is 7.98. The molecule has 0 atom stereocenters. The van der Waals surface area contributed by atoms with E-state index in [1.807, 2.05) is 0 Å². The molecule has 0 saturated carbocycles. The zero-order valence-electron chi connectivity index (χ0n) is 18.4. The maximum atomic E-state index is 6.16. The van der Waals surface area contributed by atoms with Gasteiger partial charge in [0.2, 0.25) is 0 Å². The standard InChI is InChI=1S/C24H24Cl2N4OS2/c1-3-30-22(5-4-12-31-21-11-10-18(25)13-20(21)26)28-29-24(30)33-15-19-14-32-23(27-19)17-8-6-16(2)7-9-17/h6-11,13-14H,3-5,12,15H2,1-2H3. The molecule has 9 heteroatoms. The normalized spacial score (nSPS) is 11.2. The zero-order valence-corrected chi connectivity index (χ0v) is 21.6. The number of hydrogen-bond donors (Lipinski definition) is 0. The van der Waals surface area contributed by atoms with Crippen LogP contribution in [0.3, 0.4) is 0 Å². The van der Waals surface area contributed by atoms with Gasteiger partial charge in [-0.1, -0.05) is 64.8 Å². The molecule has 172 valence electrons. The summed E-state index contributed by atoms with van der Waals surface area (Å²) in [5.74, 6) is 2.37. The molecular formula is C24H24Cl2N4OS2. The monoisotopic (exact) mass is 518 g/mol. The molecule has 0 aliphatic rings. The van der Waals surface area contributed by atoms with Crippen molar-refractivity contribution >= 4 is 46.3 Å². The Labute approximate surface area is 212 Å². The highest BCUT2D eigenvalue weighted by Gasteiger charge is 2.13. The Balaban J connectivity index is 1.30. The van der Waals surface area contributed by atoms with Crippen LogP contribution in [-0.2, 0) is 18.7 Å². The van der Waals surface area contributed by atoms with Gasteiger partial charge in [0.25, 0.3) is 0 Å². The first-order valence-electron chi connectivity index (χ1n) is 10.7. The van der Waals surface area contributed by atoms with E-state index >= 15 is 0 Å². The fourth-order valence-electron chi connectivity index (χ4n) is 3.27. The van der Waals surface area contributed by atoms with Gasteiger partial charge in [0.15, 0.2) is 5.16 Å². The Morgan fingerprint density at radius 1 is 1.09 bits per heavy atom. The third-order valence-electron chi connectivity index (χ3n) is 5.01. The average Bonchev–Trinajstić information content (AvgIpc) is 3.43. The first-order chi connectivity index (χ1) is 16.0. The van der Waals surface area contributed by atoms with Crippen LogP contribution in [-0.4, -0.2) is 26.4 Å². The molecule has 0 aliphatic carbocycles. The van der Waals surface area contributed by atoms with Gasteiger partial charge in [0.1, 0.15) is 16.6 Å². The summed E-state index contributed by atoms with van der Waals surface area (Å²) < 4.78 is 7.94. The first-order valence-corrected chi connectivity index (χ1v) is 13.3. The molecule has 2 aromatic heterocycles. The first kappa shape index (κ1) is 24.1. The number of halogens is 2. The summed E-state index contributed by atoms with van der Waals surface area (Å²) >= 11 is 15.4. The van der Waals surface area contributed by atoms with E-state index in [0.717, 1.165) is 52.4 Å². The maximum Gasteiger partial charge on any atom is 0.191 e. The van der Waals surface area contributed by atoms with Crippen LogP contribution >= 0.6 is 46.3 Å². The number of benzene rings is 2. The number of thioether (sulfide) groups is 1. The van der Waals surface area contributed by atoms with E-state index < -0.39 is 0 Å². The summed E-state index contributed by atoms with van der Waals surface area (Å²) in [5, 5.41) is 14.0. The summed E-state index contributed by atoms with van der Waals surface area (Å²) in [6, 6.07) is 13.7. The molecule has 2 aromatic carbocycles. The third kappa shape index (κ3) is 6.29. The lowest BCUT2D eigenvalue weighted by atomic mass is 10.2. The smallest absolute Gasteiger partial charge is 0.191 e. The Morgan fingerprint density at radius 2 is 1.91 bits per heavy atom. The van der Waals surface area contributed by atoms with Gasteiger partial charge in [0, 0.05) is 34.7 Å². The Kier molecular flexibility index (Phi) is 8.30. The van der Waals surface area contributed by atoms with Crippen LogP contribution in [0.4, 0.5) is 0 Å². The molecule has 0 aliphatic heterocycles. The van der Waals surface area contributed by atoms with Gasteiger partial charge in [-0.25, -0.2) is 4.98 Å². The largest absolute Gasteiger partial charge is 0.492 e. The van der Waals surface area contributed by atoms with Crippen molar-refractivity contribution in [1.82, 2.24) is 19.7 Å². The molecule has 5 nitrogen and oxygen atoms in total. The lowest BCUT2D eigenvalue weighted by molar-refractivity contribution is 0.309. The van der Waals surface area contributed by atoms with Gasteiger partial charge in [-0.15, -0.1) is 21.5 Å². The molecule has 0 spiro atoms. The number of ether oxygens (including phenoxy) is 1. The number of aryl methyl sites for hydroxylation is 2. The zero-order chi connectivity index (χ0) is 23.2. The molecule has 0 bridgehead atoms. The van der Waals surface area contributed by atoms with Crippen molar-refractivity contribution < 1.29 is 4.74 Å². The molecule has 0 amide bonds. The van der Waals surface area contributed by atoms with E-state index in [9.17, 15) is 0 Å². The fourth-order valence-corrected chi connectivity index (χ4v) is 5.58. The number of hydrogen-bond acceptors (Lipinski definition) is 6. The van der Waals surface area contributed by atoms with Crippen molar-refractivity contribution in [2.75, 3.05) is 6.61 Å². The predicted octanol–water partition coefficient (Wildman–Crippen LogP) is 7.34. The number of rotatable bonds is 10. The van der Waals surface area contributed by atoms with Crippen molar-refractivity contribution in [2.24, 2.45) is 0 Å². The Hall–Kier alpha value is -2.06. The van der Waals surface area contributed by atoms with E-state index in [4.69, 9.17) is 32.9 Å².